The lowest BCUT2D eigenvalue weighted by molar-refractivity contribution is 0.228. The molecule has 20 heavy (non-hydrogen) atoms. The lowest BCUT2D eigenvalue weighted by Crippen LogP contribution is -2.49. The van der Waals surface area contributed by atoms with Crippen LogP contribution in [-0.4, -0.2) is 8.96 Å². The first-order valence-corrected chi connectivity index (χ1v) is 8.74. The molecule has 1 N–H and O–H groups in total. The molecule has 1 unspecified atom stereocenters. The molecule has 1 aliphatic rings. The third kappa shape index (κ3) is 3.50. The van der Waals surface area contributed by atoms with E-state index in [1.807, 2.05) is 26.8 Å². The zero-order valence-electron chi connectivity index (χ0n) is 13.1. The van der Waals surface area contributed by atoms with Crippen molar-refractivity contribution in [1.82, 2.24) is 4.72 Å². The molecule has 0 aliphatic heterocycles. The van der Waals surface area contributed by atoms with Crippen molar-refractivity contribution in [3.05, 3.63) is 35.9 Å². The van der Waals surface area contributed by atoms with Gasteiger partial charge < -0.3 is 0 Å². The summed E-state index contributed by atoms with van der Waals surface area (Å²) in [5.74, 6) is 0.775. The predicted octanol–water partition coefficient (Wildman–Crippen LogP) is 4.14. The van der Waals surface area contributed by atoms with Crippen LogP contribution in [-0.2, 0) is 16.5 Å². The summed E-state index contributed by atoms with van der Waals surface area (Å²) in [5, 5.41) is 0. The van der Waals surface area contributed by atoms with E-state index in [9.17, 15) is 4.21 Å². The fourth-order valence-corrected chi connectivity index (χ4v) is 3.78. The molecule has 0 radical (unpaired) electrons. The van der Waals surface area contributed by atoms with Crippen molar-refractivity contribution < 1.29 is 4.21 Å². The summed E-state index contributed by atoms with van der Waals surface area (Å²) in [4.78, 5) is 0. The maximum Gasteiger partial charge on any atom is 0.0978 e. The Morgan fingerprint density at radius 3 is 2.20 bits per heavy atom. The molecular formula is C17H27NOS. The van der Waals surface area contributed by atoms with Gasteiger partial charge in [-0.3, -0.25) is 0 Å². The molecule has 0 saturated heterocycles. The fraction of sp³-hybridized carbons (Fsp3) is 0.647. The molecule has 1 aromatic carbocycles. The van der Waals surface area contributed by atoms with E-state index < -0.39 is 11.0 Å². The second kappa shape index (κ2) is 5.98. The van der Waals surface area contributed by atoms with E-state index in [0.717, 1.165) is 18.8 Å². The molecule has 1 fully saturated rings. The maximum absolute atomic E-state index is 12.6. The van der Waals surface area contributed by atoms with Crippen LogP contribution < -0.4 is 4.72 Å². The SMILES string of the molecule is CC1CCC(NS(=O)C(C)(C)C)(c2ccccc2)CC1. The quantitative estimate of drug-likeness (QED) is 0.891. The van der Waals surface area contributed by atoms with Crippen LogP contribution in [0.4, 0.5) is 0 Å². The number of benzene rings is 1. The second-order valence-corrected chi connectivity index (χ2v) is 9.08. The number of rotatable bonds is 3. The number of hydrogen-bond acceptors (Lipinski definition) is 1. The smallest absolute Gasteiger partial charge is 0.0978 e. The van der Waals surface area contributed by atoms with Crippen LogP contribution in [0.5, 0.6) is 0 Å². The highest BCUT2D eigenvalue weighted by atomic mass is 32.2. The third-order valence-corrected chi connectivity index (χ3v) is 5.99. The molecule has 0 heterocycles. The van der Waals surface area contributed by atoms with E-state index in [2.05, 4.69) is 35.9 Å². The van der Waals surface area contributed by atoms with Gasteiger partial charge in [0, 0.05) is 0 Å². The normalized spacial score (nSPS) is 29.1. The fourth-order valence-electron chi connectivity index (χ4n) is 2.79. The van der Waals surface area contributed by atoms with Gasteiger partial charge in [0.25, 0.3) is 0 Å². The highest BCUT2D eigenvalue weighted by molar-refractivity contribution is 7.84. The minimum Gasteiger partial charge on any atom is -0.242 e. The van der Waals surface area contributed by atoms with Gasteiger partial charge in [-0.05, 0) is 57.9 Å². The van der Waals surface area contributed by atoms with Gasteiger partial charge in [0.05, 0.1) is 21.3 Å². The second-order valence-electron chi connectivity index (χ2n) is 7.11. The van der Waals surface area contributed by atoms with Crippen LogP contribution in [0.2, 0.25) is 0 Å². The summed E-state index contributed by atoms with van der Waals surface area (Å²) in [6.45, 7) is 8.40. The topological polar surface area (TPSA) is 29.1 Å². The van der Waals surface area contributed by atoms with Gasteiger partial charge in [-0.1, -0.05) is 37.3 Å². The zero-order valence-corrected chi connectivity index (χ0v) is 13.9. The van der Waals surface area contributed by atoms with Gasteiger partial charge >= 0.3 is 0 Å². The van der Waals surface area contributed by atoms with Gasteiger partial charge in [0.2, 0.25) is 0 Å². The molecule has 0 aromatic heterocycles. The van der Waals surface area contributed by atoms with Gasteiger partial charge in [0.1, 0.15) is 0 Å². The largest absolute Gasteiger partial charge is 0.242 e. The monoisotopic (exact) mass is 293 g/mol. The van der Waals surface area contributed by atoms with Crippen molar-refractivity contribution in [3.63, 3.8) is 0 Å². The van der Waals surface area contributed by atoms with E-state index in [0.29, 0.717) is 0 Å². The minimum atomic E-state index is -1.04. The van der Waals surface area contributed by atoms with E-state index >= 15 is 0 Å². The standard InChI is InChI=1S/C17H27NOS/c1-14-10-12-17(13-11-14,15-8-6-5-7-9-15)18-20(19)16(2,3)4/h5-9,14,18H,10-13H2,1-4H3. The van der Waals surface area contributed by atoms with Crippen LogP contribution in [0.25, 0.3) is 0 Å². The molecule has 0 amide bonds. The molecule has 3 heteroatoms. The zero-order chi connectivity index (χ0) is 14.8. The Hall–Kier alpha value is -0.670. The summed E-state index contributed by atoms with van der Waals surface area (Å²) in [7, 11) is -1.04. The first-order valence-electron chi connectivity index (χ1n) is 7.59. The lowest BCUT2D eigenvalue weighted by Gasteiger charge is -2.41. The highest BCUT2D eigenvalue weighted by Crippen LogP contribution is 2.40. The molecular weight excluding hydrogens is 266 g/mol. The summed E-state index contributed by atoms with van der Waals surface area (Å²) in [5.41, 5.74) is 1.16. The van der Waals surface area contributed by atoms with E-state index in [4.69, 9.17) is 0 Å². The molecule has 2 nitrogen and oxygen atoms in total. The van der Waals surface area contributed by atoms with Crippen molar-refractivity contribution in [3.8, 4) is 0 Å². The summed E-state index contributed by atoms with van der Waals surface area (Å²) >= 11 is 0. The van der Waals surface area contributed by atoms with Crippen LogP contribution in [0, 0.1) is 5.92 Å². The minimum absolute atomic E-state index is 0.119. The highest BCUT2D eigenvalue weighted by Gasteiger charge is 2.38. The Kier molecular flexibility index (Phi) is 4.70. The van der Waals surface area contributed by atoms with Crippen molar-refractivity contribution in [2.24, 2.45) is 5.92 Å². The van der Waals surface area contributed by atoms with Crippen LogP contribution >= 0.6 is 0 Å². The van der Waals surface area contributed by atoms with Crippen molar-refractivity contribution in [2.45, 2.75) is 63.7 Å². The third-order valence-electron chi connectivity index (χ3n) is 4.30. The summed E-state index contributed by atoms with van der Waals surface area (Å²) in [6.07, 6.45) is 4.53. The van der Waals surface area contributed by atoms with Crippen LogP contribution in [0.3, 0.4) is 0 Å². The Balaban J connectivity index is 2.28. The van der Waals surface area contributed by atoms with Gasteiger partial charge in [0.15, 0.2) is 0 Å². The molecule has 2 rings (SSSR count). The van der Waals surface area contributed by atoms with Crippen molar-refractivity contribution in [1.29, 1.82) is 0 Å². The Labute approximate surface area is 125 Å². The van der Waals surface area contributed by atoms with Gasteiger partial charge in [-0.25, -0.2) is 8.93 Å². The maximum atomic E-state index is 12.6. The predicted molar refractivity (Wildman–Crippen MR) is 86.8 cm³/mol. The number of hydrogen-bond donors (Lipinski definition) is 1. The lowest BCUT2D eigenvalue weighted by atomic mass is 9.74. The van der Waals surface area contributed by atoms with Crippen LogP contribution in [0.1, 0.15) is 58.9 Å². The van der Waals surface area contributed by atoms with Gasteiger partial charge in [-0.15, -0.1) is 0 Å². The Bertz CT molecular complexity index is 456. The molecule has 1 aliphatic carbocycles. The molecule has 1 atom stereocenters. The average molecular weight is 293 g/mol. The first kappa shape index (κ1) is 15.7. The first-order chi connectivity index (χ1) is 9.33. The molecule has 1 aromatic rings. The summed E-state index contributed by atoms with van der Waals surface area (Å²) in [6, 6.07) is 10.5. The van der Waals surface area contributed by atoms with E-state index in [-0.39, 0.29) is 10.3 Å². The average Bonchev–Trinajstić information content (AvgIpc) is 2.41. The molecule has 112 valence electrons. The van der Waals surface area contributed by atoms with Crippen molar-refractivity contribution >= 4 is 11.0 Å². The Morgan fingerprint density at radius 2 is 1.70 bits per heavy atom. The number of nitrogens with one attached hydrogen (secondary N) is 1. The molecule has 0 bridgehead atoms. The van der Waals surface area contributed by atoms with Crippen LogP contribution in [0.15, 0.2) is 30.3 Å². The van der Waals surface area contributed by atoms with E-state index in [1.165, 1.54) is 18.4 Å². The Morgan fingerprint density at radius 1 is 1.15 bits per heavy atom. The van der Waals surface area contributed by atoms with Gasteiger partial charge in [-0.2, -0.15) is 0 Å². The van der Waals surface area contributed by atoms with Crippen molar-refractivity contribution in [2.75, 3.05) is 0 Å². The summed E-state index contributed by atoms with van der Waals surface area (Å²) < 4.78 is 15.8. The molecule has 1 saturated carbocycles. The molecule has 0 spiro atoms. The van der Waals surface area contributed by atoms with E-state index in [1.54, 1.807) is 0 Å².